The number of hydrogen-bond donors (Lipinski definition) is 0. The van der Waals surface area contributed by atoms with Crippen molar-refractivity contribution in [1.82, 2.24) is 4.90 Å². The van der Waals surface area contributed by atoms with Crippen molar-refractivity contribution < 1.29 is 4.79 Å². The van der Waals surface area contributed by atoms with Crippen LogP contribution in [0.3, 0.4) is 0 Å². The average molecular weight is 254 g/mol. The molecule has 1 rings (SSSR count). The molecule has 0 heterocycles. The molecule has 0 radical (unpaired) electrons. The summed E-state index contributed by atoms with van der Waals surface area (Å²) < 4.78 is 0. The maximum atomic E-state index is 12.1. The third-order valence-electron chi connectivity index (χ3n) is 3.31. The van der Waals surface area contributed by atoms with E-state index < -0.39 is 0 Å². The van der Waals surface area contributed by atoms with Crippen LogP contribution in [0.1, 0.15) is 38.8 Å². The number of rotatable bonds is 4. The minimum Gasteiger partial charge on any atom is -0.339 e. The Morgan fingerprint density at radius 2 is 1.82 bits per heavy atom. The van der Waals surface area contributed by atoms with Crippen molar-refractivity contribution >= 4 is 17.5 Å². The van der Waals surface area contributed by atoms with E-state index in [1.54, 1.807) is 4.90 Å². The van der Waals surface area contributed by atoms with E-state index >= 15 is 0 Å². The highest BCUT2D eigenvalue weighted by Crippen LogP contribution is 2.22. The summed E-state index contributed by atoms with van der Waals surface area (Å²) in [5, 5.41) is 0.719. The molecule has 0 aliphatic heterocycles. The molecule has 0 N–H and O–H groups in total. The second kappa shape index (κ2) is 6.06. The van der Waals surface area contributed by atoms with Crippen LogP contribution in [-0.2, 0) is 4.79 Å². The summed E-state index contributed by atoms with van der Waals surface area (Å²) in [6.45, 7) is 6.03. The zero-order valence-electron chi connectivity index (χ0n) is 10.9. The Bertz CT molecular complexity index is 374. The normalized spacial score (nSPS) is 14.2. The monoisotopic (exact) mass is 253 g/mol. The minimum absolute atomic E-state index is 0.0776. The summed E-state index contributed by atoms with van der Waals surface area (Å²) in [4.78, 5) is 13.9. The number of amides is 1. The van der Waals surface area contributed by atoms with Crippen LogP contribution in [0.15, 0.2) is 24.3 Å². The van der Waals surface area contributed by atoms with Gasteiger partial charge in [-0.2, -0.15) is 0 Å². The standard InChI is InChI=1S/C14H20ClNO/c1-5-10(2)14(17)16(4)11(3)12-6-8-13(15)9-7-12/h6-11H,5H2,1-4H3. The molecule has 0 spiro atoms. The highest BCUT2D eigenvalue weighted by atomic mass is 35.5. The zero-order chi connectivity index (χ0) is 13.0. The molecule has 0 fully saturated rings. The molecule has 1 aromatic rings. The number of nitrogens with zero attached hydrogens (tertiary/aromatic N) is 1. The first-order valence-corrected chi connectivity index (χ1v) is 6.37. The molecule has 3 heteroatoms. The molecule has 1 aromatic carbocycles. The van der Waals surface area contributed by atoms with Crippen LogP contribution in [0.4, 0.5) is 0 Å². The fraction of sp³-hybridized carbons (Fsp3) is 0.500. The van der Waals surface area contributed by atoms with E-state index in [4.69, 9.17) is 11.6 Å². The maximum absolute atomic E-state index is 12.1. The molecule has 0 aromatic heterocycles. The molecular weight excluding hydrogens is 234 g/mol. The van der Waals surface area contributed by atoms with Crippen LogP contribution >= 0.6 is 11.6 Å². The molecular formula is C14H20ClNO. The van der Waals surface area contributed by atoms with E-state index in [1.165, 1.54) is 0 Å². The lowest BCUT2D eigenvalue weighted by molar-refractivity contribution is -0.135. The highest BCUT2D eigenvalue weighted by molar-refractivity contribution is 6.30. The molecule has 94 valence electrons. The van der Waals surface area contributed by atoms with Crippen molar-refractivity contribution in [3.63, 3.8) is 0 Å². The molecule has 0 saturated carbocycles. The predicted octanol–water partition coefficient (Wildman–Crippen LogP) is 3.91. The van der Waals surface area contributed by atoms with E-state index in [9.17, 15) is 4.79 Å². The molecule has 0 aliphatic rings. The van der Waals surface area contributed by atoms with Gasteiger partial charge in [-0.25, -0.2) is 0 Å². The van der Waals surface area contributed by atoms with Gasteiger partial charge >= 0.3 is 0 Å². The maximum Gasteiger partial charge on any atom is 0.225 e. The van der Waals surface area contributed by atoms with Gasteiger partial charge in [-0.15, -0.1) is 0 Å². The highest BCUT2D eigenvalue weighted by Gasteiger charge is 2.21. The first kappa shape index (κ1) is 14.0. The van der Waals surface area contributed by atoms with Gasteiger partial charge in [0, 0.05) is 18.0 Å². The van der Waals surface area contributed by atoms with Crippen LogP contribution in [0, 0.1) is 5.92 Å². The van der Waals surface area contributed by atoms with Crippen LogP contribution in [0.25, 0.3) is 0 Å². The smallest absolute Gasteiger partial charge is 0.225 e. The van der Waals surface area contributed by atoms with Gasteiger partial charge in [0.25, 0.3) is 0 Å². The van der Waals surface area contributed by atoms with E-state index in [0.29, 0.717) is 0 Å². The Balaban J connectivity index is 2.79. The van der Waals surface area contributed by atoms with Crippen LogP contribution < -0.4 is 0 Å². The molecule has 0 aliphatic carbocycles. The lowest BCUT2D eigenvalue weighted by Crippen LogP contribution is -2.33. The van der Waals surface area contributed by atoms with E-state index in [0.717, 1.165) is 17.0 Å². The first-order chi connectivity index (χ1) is 7.97. The number of carbonyl (C=O) groups excluding carboxylic acids is 1. The topological polar surface area (TPSA) is 20.3 Å². The third kappa shape index (κ3) is 3.47. The van der Waals surface area contributed by atoms with Crippen LogP contribution in [-0.4, -0.2) is 17.9 Å². The van der Waals surface area contributed by atoms with Gasteiger partial charge in [0.15, 0.2) is 0 Å². The molecule has 0 saturated heterocycles. The summed E-state index contributed by atoms with van der Waals surface area (Å²) in [5.74, 6) is 0.268. The molecule has 2 atom stereocenters. The van der Waals surface area contributed by atoms with Gasteiger partial charge in [0.1, 0.15) is 0 Å². The van der Waals surface area contributed by atoms with E-state index in [-0.39, 0.29) is 17.9 Å². The predicted molar refractivity (Wildman–Crippen MR) is 72.1 cm³/mol. The number of carbonyl (C=O) groups is 1. The number of benzene rings is 1. The Labute approximate surface area is 109 Å². The second-order valence-corrected chi connectivity index (χ2v) is 4.92. The second-order valence-electron chi connectivity index (χ2n) is 4.49. The van der Waals surface area contributed by atoms with Crippen LogP contribution in [0.2, 0.25) is 5.02 Å². The zero-order valence-corrected chi connectivity index (χ0v) is 11.7. The summed E-state index contributed by atoms with van der Waals surface area (Å²) in [5.41, 5.74) is 1.11. The van der Waals surface area contributed by atoms with Crippen molar-refractivity contribution in [3.05, 3.63) is 34.9 Å². The molecule has 17 heavy (non-hydrogen) atoms. The van der Waals surface area contributed by atoms with Crippen LogP contribution in [0.5, 0.6) is 0 Å². The van der Waals surface area contributed by atoms with Crippen molar-refractivity contribution in [2.24, 2.45) is 5.92 Å². The Morgan fingerprint density at radius 1 is 1.29 bits per heavy atom. The van der Waals surface area contributed by atoms with Crippen molar-refractivity contribution in [2.45, 2.75) is 33.2 Å². The molecule has 2 nitrogen and oxygen atoms in total. The molecule has 0 bridgehead atoms. The summed E-state index contributed by atoms with van der Waals surface area (Å²) in [6, 6.07) is 7.72. The number of hydrogen-bond acceptors (Lipinski definition) is 1. The van der Waals surface area contributed by atoms with Gasteiger partial charge in [-0.05, 0) is 31.0 Å². The van der Waals surface area contributed by atoms with E-state index in [2.05, 4.69) is 0 Å². The lowest BCUT2D eigenvalue weighted by Gasteiger charge is -2.27. The average Bonchev–Trinajstić information content (AvgIpc) is 2.36. The molecule has 1 amide bonds. The van der Waals surface area contributed by atoms with Crippen molar-refractivity contribution in [1.29, 1.82) is 0 Å². The first-order valence-electron chi connectivity index (χ1n) is 5.99. The van der Waals surface area contributed by atoms with Gasteiger partial charge in [0.2, 0.25) is 5.91 Å². The van der Waals surface area contributed by atoms with Gasteiger partial charge in [-0.1, -0.05) is 37.6 Å². The van der Waals surface area contributed by atoms with Gasteiger partial charge in [0.05, 0.1) is 6.04 Å². The van der Waals surface area contributed by atoms with Gasteiger partial charge in [-0.3, -0.25) is 4.79 Å². The third-order valence-corrected chi connectivity index (χ3v) is 3.57. The van der Waals surface area contributed by atoms with Gasteiger partial charge < -0.3 is 4.90 Å². The summed E-state index contributed by atoms with van der Waals surface area (Å²) >= 11 is 5.85. The SMILES string of the molecule is CCC(C)C(=O)N(C)C(C)c1ccc(Cl)cc1. The molecule has 2 unspecified atom stereocenters. The minimum atomic E-state index is 0.0776. The quantitative estimate of drug-likeness (QED) is 0.797. The van der Waals surface area contributed by atoms with Crippen molar-refractivity contribution in [2.75, 3.05) is 7.05 Å². The Morgan fingerprint density at radius 3 is 2.29 bits per heavy atom. The summed E-state index contributed by atoms with van der Waals surface area (Å²) in [6.07, 6.45) is 0.872. The number of halogens is 1. The fourth-order valence-corrected chi connectivity index (χ4v) is 1.80. The largest absolute Gasteiger partial charge is 0.339 e. The van der Waals surface area contributed by atoms with E-state index in [1.807, 2.05) is 52.1 Å². The van der Waals surface area contributed by atoms with Crippen molar-refractivity contribution in [3.8, 4) is 0 Å². The Hall–Kier alpha value is -1.02. The fourth-order valence-electron chi connectivity index (χ4n) is 1.68. The summed E-state index contributed by atoms with van der Waals surface area (Å²) in [7, 11) is 1.85. The Kier molecular flexibility index (Phi) is 5.01. The lowest BCUT2D eigenvalue weighted by atomic mass is 10.0.